The van der Waals surface area contributed by atoms with Gasteiger partial charge >= 0.3 is 6.18 Å². The summed E-state index contributed by atoms with van der Waals surface area (Å²) < 4.78 is 51.7. The van der Waals surface area contributed by atoms with Gasteiger partial charge in [-0.15, -0.1) is 10.2 Å². The predicted octanol–water partition coefficient (Wildman–Crippen LogP) is 4.03. The smallest absolute Gasteiger partial charge is 0.419 e. The normalized spacial score (nSPS) is 13.7. The van der Waals surface area contributed by atoms with Gasteiger partial charge < -0.3 is 20.3 Å². The average Bonchev–Trinajstić information content (AvgIpc) is 3.27. The SMILES string of the molecule is C[C@](N)(CO)c1nnc(-c2ccc(OCCOCCc3ccccc3)c(C(F)(F)F)c2)s1. The number of ether oxygens (including phenoxy) is 2. The lowest BCUT2D eigenvalue weighted by Crippen LogP contribution is -2.36. The van der Waals surface area contributed by atoms with Crippen LogP contribution in [0, 0.1) is 0 Å². The lowest BCUT2D eigenvalue weighted by molar-refractivity contribution is -0.139. The molecule has 0 amide bonds. The van der Waals surface area contributed by atoms with Gasteiger partial charge in [0.2, 0.25) is 0 Å². The van der Waals surface area contributed by atoms with Gasteiger partial charge in [-0.3, -0.25) is 0 Å². The highest BCUT2D eigenvalue weighted by atomic mass is 32.1. The summed E-state index contributed by atoms with van der Waals surface area (Å²) in [7, 11) is 0. The Kier molecular flexibility index (Phi) is 7.83. The van der Waals surface area contributed by atoms with Crippen molar-refractivity contribution in [3.63, 3.8) is 0 Å². The molecule has 0 saturated heterocycles. The minimum atomic E-state index is -4.61. The highest BCUT2D eigenvalue weighted by Crippen LogP contribution is 2.39. The maximum absolute atomic E-state index is 13.6. The van der Waals surface area contributed by atoms with Crippen molar-refractivity contribution < 1.29 is 27.8 Å². The van der Waals surface area contributed by atoms with E-state index in [9.17, 15) is 18.3 Å². The number of halogens is 3. The second-order valence-corrected chi connectivity index (χ2v) is 8.37. The summed E-state index contributed by atoms with van der Waals surface area (Å²) in [5.41, 5.74) is 5.25. The molecule has 172 valence electrons. The summed E-state index contributed by atoms with van der Waals surface area (Å²) in [4.78, 5) is 0. The van der Waals surface area contributed by atoms with Crippen molar-refractivity contribution in [3.8, 4) is 16.3 Å². The van der Waals surface area contributed by atoms with Crippen LogP contribution in [0.15, 0.2) is 48.5 Å². The van der Waals surface area contributed by atoms with Crippen molar-refractivity contribution in [2.45, 2.75) is 25.1 Å². The van der Waals surface area contributed by atoms with E-state index in [2.05, 4.69) is 10.2 Å². The molecule has 10 heteroatoms. The van der Waals surface area contributed by atoms with Crippen LogP contribution in [0.4, 0.5) is 13.2 Å². The molecule has 1 atom stereocenters. The minimum absolute atomic E-state index is 0.0117. The molecule has 1 aromatic heterocycles. The number of rotatable bonds is 10. The third kappa shape index (κ3) is 6.26. The van der Waals surface area contributed by atoms with Crippen molar-refractivity contribution in [2.24, 2.45) is 5.73 Å². The van der Waals surface area contributed by atoms with Gasteiger partial charge in [0.1, 0.15) is 22.4 Å². The first-order valence-corrected chi connectivity index (χ1v) is 10.7. The van der Waals surface area contributed by atoms with E-state index >= 15 is 0 Å². The van der Waals surface area contributed by atoms with E-state index in [-0.39, 0.29) is 36.1 Å². The molecule has 0 saturated carbocycles. The van der Waals surface area contributed by atoms with Gasteiger partial charge in [-0.1, -0.05) is 41.7 Å². The Bertz CT molecular complexity index is 1010. The number of alkyl halides is 3. The van der Waals surface area contributed by atoms with E-state index in [0.29, 0.717) is 18.0 Å². The summed E-state index contributed by atoms with van der Waals surface area (Å²) in [6, 6.07) is 13.5. The highest BCUT2D eigenvalue weighted by molar-refractivity contribution is 7.14. The van der Waals surface area contributed by atoms with E-state index in [4.69, 9.17) is 15.2 Å². The summed E-state index contributed by atoms with van der Waals surface area (Å²) in [6.45, 7) is 1.81. The first-order chi connectivity index (χ1) is 15.2. The predicted molar refractivity (Wildman–Crippen MR) is 115 cm³/mol. The van der Waals surface area contributed by atoms with Crippen LogP contribution < -0.4 is 10.5 Å². The van der Waals surface area contributed by atoms with Crippen LogP contribution in [0.5, 0.6) is 5.75 Å². The number of nitrogens with zero attached hydrogens (tertiary/aromatic N) is 2. The summed E-state index contributed by atoms with van der Waals surface area (Å²) in [5, 5.41) is 17.8. The average molecular weight is 468 g/mol. The molecule has 1 heterocycles. The number of hydrogen-bond acceptors (Lipinski definition) is 7. The molecular formula is C22H24F3N3O3S. The van der Waals surface area contributed by atoms with Crippen LogP contribution in [0.2, 0.25) is 0 Å². The van der Waals surface area contributed by atoms with Crippen LogP contribution in [0.3, 0.4) is 0 Å². The molecule has 6 nitrogen and oxygen atoms in total. The molecule has 0 fully saturated rings. The van der Waals surface area contributed by atoms with Crippen LogP contribution in [-0.4, -0.2) is 41.7 Å². The molecule has 0 radical (unpaired) electrons. The van der Waals surface area contributed by atoms with Gasteiger partial charge in [-0.2, -0.15) is 13.2 Å². The zero-order valence-electron chi connectivity index (χ0n) is 17.4. The van der Waals surface area contributed by atoms with E-state index in [1.807, 2.05) is 30.3 Å². The van der Waals surface area contributed by atoms with E-state index in [0.717, 1.165) is 23.0 Å². The molecule has 0 aliphatic heterocycles. The number of hydrogen-bond donors (Lipinski definition) is 2. The number of benzene rings is 2. The zero-order chi connectivity index (χ0) is 23.2. The Morgan fingerprint density at radius 3 is 2.47 bits per heavy atom. The maximum Gasteiger partial charge on any atom is 0.419 e. The van der Waals surface area contributed by atoms with E-state index in [1.54, 1.807) is 6.92 Å². The molecule has 2 aromatic carbocycles. The van der Waals surface area contributed by atoms with Crippen LogP contribution >= 0.6 is 11.3 Å². The Morgan fingerprint density at radius 1 is 1.03 bits per heavy atom. The van der Waals surface area contributed by atoms with E-state index < -0.39 is 17.3 Å². The van der Waals surface area contributed by atoms with Crippen molar-refractivity contribution in [1.82, 2.24) is 10.2 Å². The third-order valence-corrected chi connectivity index (χ3v) is 5.89. The van der Waals surface area contributed by atoms with Crippen molar-refractivity contribution in [3.05, 3.63) is 64.7 Å². The Hall–Kier alpha value is -2.53. The van der Waals surface area contributed by atoms with Crippen molar-refractivity contribution >= 4 is 11.3 Å². The molecule has 3 N–H and O–H groups in total. The minimum Gasteiger partial charge on any atom is -0.491 e. The third-order valence-electron chi connectivity index (χ3n) is 4.64. The quantitative estimate of drug-likeness (QED) is 0.438. The van der Waals surface area contributed by atoms with Crippen LogP contribution in [0.1, 0.15) is 23.1 Å². The fraction of sp³-hybridized carbons (Fsp3) is 0.364. The second-order valence-electron chi connectivity index (χ2n) is 7.39. The molecule has 32 heavy (non-hydrogen) atoms. The zero-order valence-corrected chi connectivity index (χ0v) is 18.2. The maximum atomic E-state index is 13.6. The molecule has 0 aliphatic rings. The summed E-state index contributed by atoms with van der Waals surface area (Å²) in [6.07, 6.45) is -3.90. The highest BCUT2D eigenvalue weighted by Gasteiger charge is 2.35. The molecular weight excluding hydrogens is 443 g/mol. The first-order valence-electron chi connectivity index (χ1n) is 9.90. The molecule has 0 aliphatic carbocycles. The van der Waals surface area contributed by atoms with Crippen LogP contribution in [-0.2, 0) is 22.9 Å². The summed E-state index contributed by atoms with van der Waals surface area (Å²) >= 11 is 1.03. The topological polar surface area (TPSA) is 90.5 Å². The lowest BCUT2D eigenvalue weighted by Gasteiger charge is -2.17. The summed E-state index contributed by atoms with van der Waals surface area (Å²) in [5.74, 6) is -0.281. The molecule has 0 unspecified atom stereocenters. The molecule has 3 rings (SSSR count). The molecule has 3 aromatic rings. The van der Waals surface area contributed by atoms with Crippen molar-refractivity contribution in [2.75, 3.05) is 26.4 Å². The largest absolute Gasteiger partial charge is 0.491 e. The molecule has 0 spiro atoms. The number of aromatic nitrogens is 2. The number of nitrogens with two attached hydrogens (primary N) is 1. The Labute approximate surface area is 187 Å². The van der Waals surface area contributed by atoms with Gasteiger partial charge in [0.25, 0.3) is 0 Å². The van der Waals surface area contributed by atoms with Gasteiger partial charge in [-0.05, 0) is 37.1 Å². The van der Waals surface area contributed by atoms with Gasteiger partial charge in [0.05, 0.1) is 30.9 Å². The fourth-order valence-electron chi connectivity index (χ4n) is 2.80. The Morgan fingerprint density at radius 2 is 1.78 bits per heavy atom. The van der Waals surface area contributed by atoms with Gasteiger partial charge in [0.15, 0.2) is 0 Å². The van der Waals surface area contributed by atoms with E-state index in [1.165, 1.54) is 12.1 Å². The number of aliphatic hydroxyl groups excluding tert-OH is 1. The number of aliphatic hydroxyl groups is 1. The standard InChI is InChI=1S/C22H24F3N3O3S/c1-21(26,14-29)20-28-27-19(32-20)16-7-8-18(17(13-16)22(23,24)25)31-12-11-30-10-9-15-5-3-2-4-6-15/h2-8,13,29H,9-12,14,26H2,1H3/t21-/m0/s1. The molecule has 0 bridgehead atoms. The second kappa shape index (κ2) is 10.4. The van der Waals surface area contributed by atoms with Gasteiger partial charge in [0, 0.05) is 5.56 Å². The first kappa shape index (κ1) is 24.1. The monoisotopic (exact) mass is 467 g/mol. The van der Waals surface area contributed by atoms with Gasteiger partial charge in [-0.25, -0.2) is 0 Å². The lowest BCUT2D eigenvalue weighted by atomic mass is 10.1. The van der Waals surface area contributed by atoms with Crippen molar-refractivity contribution in [1.29, 1.82) is 0 Å². The Balaban J connectivity index is 1.63. The van der Waals surface area contributed by atoms with Crippen LogP contribution in [0.25, 0.3) is 10.6 Å². The fourth-order valence-corrected chi connectivity index (χ4v) is 3.68.